The van der Waals surface area contributed by atoms with Crippen molar-refractivity contribution in [3.8, 4) is 0 Å². The van der Waals surface area contributed by atoms with Crippen LogP contribution in [-0.4, -0.2) is 40.8 Å². The summed E-state index contributed by atoms with van der Waals surface area (Å²) in [5, 5.41) is 9.55. The number of aliphatic hydroxyl groups is 1. The molecule has 0 amide bonds. The summed E-state index contributed by atoms with van der Waals surface area (Å²) < 4.78 is 4.75. The molecule has 0 aromatic carbocycles. The van der Waals surface area contributed by atoms with Gasteiger partial charge in [0.1, 0.15) is 5.54 Å². The largest absolute Gasteiger partial charge is 0.468 e. The second kappa shape index (κ2) is 5.89. The van der Waals surface area contributed by atoms with Crippen LogP contribution in [0.3, 0.4) is 0 Å². The number of ether oxygens (including phenoxy) is 1. The zero-order valence-electron chi connectivity index (χ0n) is 9.94. The second-order valence-electron chi connectivity index (χ2n) is 4.50. The topological polar surface area (TPSA) is 72.5 Å². The number of carbonyl (C=O) groups excluding carboxylic acids is 1. The third kappa shape index (κ3) is 3.37. The number of rotatable bonds is 4. The van der Waals surface area contributed by atoms with E-state index in [9.17, 15) is 4.79 Å². The van der Waals surface area contributed by atoms with Gasteiger partial charge in [0.2, 0.25) is 0 Å². The van der Waals surface area contributed by atoms with Crippen molar-refractivity contribution in [1.29, 1.82) is 0 Å². The van der Waals surface area contributed by atoms with Gasteiger partial charge in [0.25, 0.3) is 0 Å². The highest BCUT2D eigenvalue weighted by Crippen LogP contribution is 2.35. The van der Waals surface area contributed by atoms with E-state index in [4.69, 9.17) is 15.6 Å². The van der Waals surface area contributed by atoms with Crippen LogP contribution in [0, 0.1) is 0 Å². The zero-order chi connectivity index (χ0) is 12.2. The molecule has 1 saturated carbocycles. The number of thioether (sulfide) groups is 1. The van der Waals surface area contributed by atoms with Crippen molar-refractivity contribution < 1.29 is 14.6 Å². The fraction of sp³-hybridized carbons (Fsp3) is 0.909. The third-order valence-electron chi connectivity index (χ3n) is 3.01. The lowest BCUT2D eigenvalue weighted by Gasteiger charge is -2.35. The van der Waals surface area contributed by atoms with Gasteiger partial charge in [-0.2, -0.15) is 11.8 Å². The van der Waals surface area contributed by atoms with Crippen LogP contribution in [-0.2, 0) is 9.53 Å². The molecule has 4 nitrogen and oxygen atoms in total. The molecule has 0 radical (unpaired) electrons. The number of nitrogens with two attached hydrogens (primary N) is 1. The monoisotopic (exact) mass is 247 g/mol. The maximum Gasteiger partial charge on any atom is 0.325 e. The molecule has 0 saturated heterocycles. The number of hydrogen-bond donors (Lipinski definition) is 2. The van der Waals surface area contributed by atoms with Gasteiger partial charge in [-0.25, -0.2) is 0 Å². The van der Waals surface area contributed by atoms with E-state index >= 15 is 0 Å². The standard InChI is InChI=1S/C11H21NO3S/c1-8(7-13)16-9-4-3-5-11(12,6-9)10(14)15-2/h8-9,13H,3-7,12H2,1-2H3. The molecule has 1 rings (SSSR count). The van der Waals surface area contributed by atoms with Crippen LogP contribution in [0.2, 0.25) is 0 Å². The van der Waals surface area contributed by atoms with Crippen LogP contribution in [0.15, 0.2) is 0 Å². The van der Waals surface area contributed by atoms with Gasteiger partial charge in [0.05, 0.1) is 13.7 Å². The quantitative estimate of drug-likeness (QED) is 0.723. The summed E-state index contributed by atoms with van der Waals surface area (Å²) in [5.74, 6) is -0.311. The zero-order valence-corrected chi connectivity index (χ0v) is 10.8. The first-order valence-electron chi connectivity index (χ1n) is 5.65. The summed E-state index contributed by atoms with van der Waals surface area (Å²) >= 11 is 1.71. The van der Waals surface area contributed by atoms with Crippen LogP contribution in [0.25, 0.3) is 0 Å². The molecule has 1 aliphatic rings. The molecule has 0 spiro atoms. The summed E-state index contributed by atoms with van der Waals surface area (Å²) in [6, 6.07) is 0. The molecule has 3 atom stereocenters. The molecule has 3 unspecified atom stereocenters. The first kappa shape index (κ1) is 13.8. The Bertz CT molecular complexity index is 249. The Labute approximate surface area is 101 Å². The summed E-state index contributed by atoms with van der Waals surface area (Å²) in [5.41, 5.74) is 5.25. The molecule has 3 N–H and O–H groups in total. The van der Waals surface area contributed by atoms with Gasteiger partial charge < -0.3 is 15.6 Å². The molecule has 0 aromatic heterocycles. The van der Waals surface area contributed by atoms with Crippen LogP contribution < -0.4 is 5.73 Å². The first-order valence-corrected chi connectivity index (χ1v) is 6.59. The fourth-order valence-corrected chi connectivity index (χ4v) is 3.57. The van der Waals surface area contributed by atoms with E-state index in [-0.39, 0.29) is 17.8 Å². The lowest BCUT2D eigenvalue weighted by atomic mass is 9.82. The van der Waals surface area contributed by atoms with Gasteiger partial charge in [-0.05, 0) is 25.7 Å². The Morgan fingerprint density at radius 1 is 1.75 bits per heavy atom. The Morgan fingerprint density at radius 3 is 3.00 bits per heavy atom. The van der Waals surface area contributed by atoms with Crippen molar-refractivity contribution in [2.24, 2.45) is 5.73 Å². The molecule has 5 heteroatoms. The Balaban J connectivity index is 2.55. The highest BCUT2D eigenvalue weighted by molar-refractivity contribution is 8.00. The van der Waals surface area contributed by atoms with Crippen molar-refractivity contribution in [2.45, 2.75) is 48.6 Å². The molecule has 16 heavy (non-hydrogen) atoms. The molecule has 94 valence electrons. The summed E-state index contributed by atoms with van der Waals surface area (Å²) in [6.07, 6.45) is 3.35. The summed E-state index contributed by atoms with van der Waals surface area (Å²) in [7, 11) is 1.38. The predicted octanol–water partition coefficient (Wildman–Crippen LogP) is 0.913. The maximum absolute atomic E-state index is 11.6. The predicted molar refractivity (Wildman–Crippen MR) is 65.3 cm³/mol. The fourth-order valence-electron chi connectivity index (χ4n) is 2.13. The van der Waals surface area contributed by atoms with Gasteiger partial charge >= 0.3 is 5.97 Å². The van der Waals surface area contributed by atoms with Crippen molar-refractivity contribution in [2.75, 3.05) is 13.7 Å². The molecule has 1 aliphatic carbocycles. The van der Waals surface area contributed by atoms with E-state index in [0.717, 1.165) is 12.8 Å². The number of esters is 1. The number of methoxy groups -OCH3 is 1. The number of hydrogen-bond acceptors (Lipinski definition) is 5. The summed E-state index contributed by atoms with van der Waals surface area (Å²) in [6.45, 7) is 2.15. The normalized spacial score (nSPS) is 32.1. The summed E-state index contributed by atoms with van der Waals surface area (Å²) in [4.78, 5) is 11.6. The molecule has 0 aromatic rings. The average Bonchev–Trinajstić information content (AvgIpc) is 2.27. The van der Waals surface area contributed by atoms with Gasteiger partial charge in [-0.3, -0.25) is 4.79 Å². The SMILES string of the molecule is COC(=O)C1(N)CCCC(SC(C)CO)C1. The van der Waals surface area contributed by atoms with E-state index in [1.54, 1.807) is 11.8 Å². The highest BCUT2D eigenvalue weighted by Gasteiger charge is 2.40. The van der Waals surface area contributed by atoms with Gasteiger partial charge in [-0.15, -0.1) is 0 Å². The maximum atomic E-state index is 11.6. The second-order valence-corrected chi connectivity index (χ2v) is 6.24. The van der Waals surface area contributed by atoms with E-state index in [1.165, 1.54) is 7.11 Å². The molecule has 0 bridgehead atoms. The third-order valence-corrected chi connectivity index (χ3v) is 4.42. The van der Waals surface area contributed by atoms with Crippen LogP contribution in [0.4, 0.5) is 0 Å². The lowest BCUT2D eigenvalue weighted by molar-refractivity contribution is -0.148. The van der Waals surface area contributed by atoms with E-state index < -0.39 is 5.54 Å². The number of carbonyl (C=O) groups is 1. The minimum Gasteiger partial charge on any atom is -0.468 e. The number of aliphatic hydroxyl groups excluding tert-OH is 1. The van der Waals surface area contributed by atoms with Gasteiger partial charge in [0, 0.05) is 10.5 Å². The van der Waals surface area contributed by atoms with E-state index in [0.29, 0.717) is 18.1 Å². The van der Waals surface area contributed by atoms with Crippen LogP contribution in [0.1, 0.15) is 32.6 Å². The molecule has 1 fully saturated rings. The first-order chi connectivity index (χ1) is 7.51. The Kier molecular flexibility index (Phi) is 5.08. The van der Waals surface area contributed by atoms with Crippen LogP contribution >= 0.6 is 11.8 Å². The lowest BCUT2D eigenvalue weighted by Crippen LogP contribution is -2.52. The van der Waals surface area contributed by atoms with Crippen LogP contribution in [0.5, 0.6) is 0 Å². The molecule has 0 heterocycles. The van der Waals surface area contributed by atoms with E-state index in [1.807, 2.05) is 6.92 Å². The Morgan fingerprint density at radius 2 is 2.44 bits per heavy atom. The van der Waals surface area contributed by atoms with Crippen molar-refractivity contribution in [3.05, 3.63) is 0 Å². The average molecular weight is 247 g/mol. The van der Waals surface area contributed by atoms with Crippen molar-refractivity contribution in [3.63, 3.8) is 0 Å². The minimum absolute atomic E-state index is 0.164. The Hall–Kier alpha value is -0.260. The van der Waals surface area contributed by atoms with Crippen molar-refractivity contribution in [1.82, 2.24) is 0 Å². The minimum atomic E-state index is -0.820. The van der Waals surface area contributed by atoms with Gasteiger partial charge in [-0.1, -0.05) is 6.92 Å². The smallest absolute Gasteiger partial charge is 0.325 e. The molecular weight excluding hydrogens is 226 g/mol. The van der Waals surface area contributed by atoms with E-state index in [2.05, 4.69) is 0 Å². The highest BCUT2D eigenvalue weighted by atomic mass is 32.2. The molecular formula is C11H21NO3S. The van der Waals surface area contributed by atoms with Gasteiger partial charge in [0.15, 0.2) is 0 Å². The molecule has 0 aliphatic heterocycles. The van der Waals surface area contributed by atoms with Crippen molar-refractivity contribution >= 4 is 17.7 Å².